The fourth-order valence-electron chi connectivity index (χ4n) is 2.76. The zero-order valence-corrected chi connectivity index (χ0v) is 14.4. The second-order valence-corrected chi connectivity index (χ2v) is 6.71. The number of amidine groups is 1. The molecule has 25 heavy (non-hydrogen) atoms. The van der Waals surface area contributed by atoms with Crippen molar-refractivity contribution in [2.45, 2.75) is 19.3 Å². The van der Waals surface area contributed by atoms with Crippen LogP contribution in [0.3, 0.4) is 0 Å². The lowest BCUT2D eigenvalue weighted by atomic mass is 10.1. The molecule has 0 aromatic heterocycles. The molecule has 0 aliphatic carbocycles. The van der Waals surface area contributed by atoms with E-state index in [4.69, 9.17) is 4.74 Å². The Bertz CT molecular complexity index is 784. The molecule has 1 aromatic rings. The van der Waals surface area contributed by atoms with E-state index < -0.39 is 16.4 Å². The number of ether oxygens (including phenoxy) is 1. The molecule has 1 fully saturated rings. The van der Waals surface area contributed by atoms with Gasteiger partial charge in [-0.1, -0.05) is 0 Å². The quantitative estimate of drug-likeness (QED) is 0.500. The summed E-state index contributed by atoms with van der Waals surface area (Å²) in [4.78, 5) is 29.1. The van der Waals surface area contributed by atoms with Crippen LogP contribution in [-0.2, 0) is 4.79 Å². The standard InChI is InChI=1S/C16H17N3O5S/c1-24-12-8-10(7-11(14(12)20)19(22)23)9-13-15(21)17-16(25-13)18-5-3-2-4-6-18/h7-9,20H,2-6H2,1H3/b13-9+. The Hall–Kier alpha value is -2.55. The van der Waals surface area contributed by atoms with E-state index in [1.807, 2.05) is 0 Å². The molecule has 2 heterocycles. The minimum Gasteiger partial charge on any atom is -0.500 e. The Labute approximate surface area is 148 Å². The van der Waals surface area contributed by atoms with E-state index in [0.717, 1.165) is 25.9 Å². The van der Waals surface area contributed by atoms with E-state index in [-0.39, 0.29) is 11.7 Å². The number of methoxy groups -OCH3 is 1. The van der Waals surface area contributed by atoms with Gasteiger partial charge in [0.2, 0.25) is 5.75 Å². The lowest BCUT2D eigenvalue weighted by molar-refractivity contribution is -0.386. The average molecular weight is 363 g/mol. The summed E-state index contributed by atoms with van der Waals surface area (Å²) in [6.07, 6.45) is 4.87. The molecule has 0 bridgehead atoms. The maximum atomic E-state index is 12.2. The number of carbonyl (C=O) groups excluding carboxylic acids is 1. The summed E-state index contributed by atoms with van der Waals surface area (Å²) in [7, 11) is 1.31. The first kappa shape index (κ1) is 17.3. The second kappa shape index (κ2) is 7.14. The van der Waals surface area contributed by atoms with Gasteiger partial charge in [0.15, 0.2) is 10.9 Å². The maximum absolute atomic E-state index is 12.2. The van der Waals surface area contributed by atoms with Crippen molar-refractivity contribution in [3.8, 4) is 11.5 Å². The molecule has 2 aliphatic heterocycles. The third-order valence-corrected chi connectivity index (χ3v) is 5.07. The number of hydrogen-bond acceptors (Lipinski definition) is 7. The molecule has 1 aromatic carbocycles. The fraction of sp³-hybridized carbons (Fsp3) is 0.375. The van der Waals surface area contributed by atoms with Crippen molar-refractivity contribution in [2.75, 3.05) is 20.2 Å². The number of rotatable bonds is 3. The van der Waals surface area contributed by atoms with E-state index in [2.05, 4.69) is 9.89 Å². The van der Waals surface area contributed by atoms with E-state index in [1.54, 1.807) is 0 Å². The predicted molar refractivity (Wildman–Crippen MR) is 94.7 cm³/mol. The minimum absolute atomic E-state index is 0.0198. The van der Waals surface area contributed by atoms with Gasteiger partial charge in [0.05, 0.1) is 16.9 Å². The van der Waals surface area contributed by atoms with Crippen molar-refractivity contribution in [1.82, 2.24) is 4.90 Å². The van der Waals surface area contributed by atoms with Crippen molar-refractivity contribution in [3.63, 3.8) is 0 Å². The van der Waals surface area contributed by atoms with Gasteiger partial charge in [-0.25, -0.2) is 0 Å². The third-order valence-electron chi connectivity index (χ3n) is 4.03. The number of benzene rings is 1. The van der Waals surface area contributed by atoms with Gasteiger partial charge in [0, 0.05) is 19.2 Å². The minimum atomic E-state index is -0.695. The molecule has 1 amide bonds. The van der Waals surface area contributed by atoms with Crippen LogP contribution >= 0.6 is 11.8 Å². The summed E-state index contributed by atoms with van der Waals surface area (Å²) >= 11 is 1.27. The lowest BCUT2D eigenvalue weighted by Crippen LogP contribution is -2.33. The third kappa shape index (κ3) is 3.60. The molecule has 9 heteroatoms. The molecular formula is C16H17N3O5S. The number of carbonyl (C=O) groups is 1. The Morgan fingerprint density at radius 3 is 2.72 bits per heavy atom. The van der Waals surface area contributed by atoms with E-state index in [0.29, 0.717) is 15.6 Å². The van der Waals surface area contributed by atoms with Crippen LogP contribution in [-0.4, -0.2) is 46.2 Å². The van der Waals surface area contributed by atoms with E-state index >= 15 is 0 Å². The molecule has 0 spiro atoms. The lowest BCUT2D eigenvalue weighted by Gasteiger charge is -2.27. The monoisotopic (exact) mass is 363 g/mol. The molecule has 0 radical (unpaired) electrons. The highest BCUT2D eigenvalue weighted by molar-refractivity contribution is 8.18. The Morgan fingerprint density at radius 2 is 2.08 bits per heavy atom. The van der Waals surface area contributed by atoms with Crippen molar-refractivity contribution in [3.05, 3.63) is 32.7 Å². The van der Waals surface area contributed by atoms with Crippen molar-refractivity contribution >= 4 is 34.6 Å². The molecule has 8 nitrogen and oxygen atoms in total. The highest BCUT2D eigenvalue weighted by Crippen LogP contribution is 2.39. The van der Waals surface area contributed by atoms with Crippen LogP contribution in [0.25, 0.3) is 6.08 Å². The molecule has 0 unspecified atom stereocenters. The summed E-state index contributed by atoms with van der Waals surface area (Å²) in [6.45, 7) is 1.76. The predicted octanol–water partition coefficient (Wildman–Crippen LogP) is 2.77. The van der Waals surface area contributed by atoms with Crippen LogP contribution in [0.2, 0.25) is 0 Å². The zero-order chi connectivity index (χ0) is 18.0. The van der Waals surface area contributed by atoms with Gasteiger partial charge < -0.3 is 14.7 Å². The molecular weight excluding hydrogens is 346 g/mol. The Kier molecular flexibility index (Phi) is 4.93. The average Bonchev–Trinajstić information content (AvgIpc) is 2.97. The highest BCUT2D eigenvalue weighted by atomic mass is 32.2. The van der Waals surface area contributed by atoms with E-state index in [1.165, 1.54) is 43.5 Å². The zero-order valence-electron chi connectivity index (χ0n) is 13.6. The molecule has 0 saturated carbocycles. The number of piperidine rings is 1. The first-order valence-electron chi connectivity index (χ1n) is 7.82. The Morgan fingerprint density at radius 1 is 1.36 bits per heavy atom. The van der Waals surface area contributed by atoms with Crippen LogP contribution in [0.15, 0.2) is 22.0 Å². The topological polar surface area (TPSA) is 105 Å². The Balaban J connectivity index is 1.87. The summed E-state index contributed by atoms with van der Waals surface area (Å²) < 4.78 is 4.97. The number of amides is 1. The maximum Gasteiger partial charge on any atom is 0.315 e. The van der Waals surface area contributed by atoms with Crippen LogP contribution in [0.4, 0.5) is 5.69 Å². The van der Waals surface area contributed by atoms with Crippen molar-refractivity contribution in [2.24, 2.45) is 4.99 Å². The number of nitrogens with zero attached hydrogens (tertiary/aromatic N) is 3. The SMILES string of the molecule is COc1cc(/C=C2/SC(N3CCCCC3)=NC2=O)cc([N+](=O)[O-])c1O. The van der Waals surface area contributed by atoms with Crippen LogP contribution in [0, 0.1) is 10.1 Å². The number of thioether (sulfide) groups is 1. The molecule has 3 rings (SSSR count). The summed E-state index contributed by atoms with van der Waals surface area (Å²) in [5, 5.41) is 21.6. The first-order chi connectivity index (χ1) is 12.0. The summed E-state index contributed by atoms with van der Waals surface area (Å²) in [5.74, 6) is -0.917. The van der Waals surface area contributed by atoms with Crippen LogP contribution in [0.5, 0.6) is 11.5 Å². The van der Waals surface area contributed by atoms with Gasteiger partial charge in [-0.05, 0) is 48.7 Å². The molecule has 1 N–H and O–H groups in total. The number of phenolic OH excluding ortho intramolecular Hbond substituents is 1. The number of nitro groups is 1. The molecule has 1 saturated heterocycles. The van der Waals surface area contributed by atoms with Crippen LogP contribution < -0.4 is 4.74 Å². The van der Waals surface area contributed by atoms with E-state index in [9.17, 15) is 20.0 Å². The number of nitro benzene ring substituents is 1. The smallest absolute Gasteiger partial charge is 0.315 e. The molecule has 0 atom stereocenters. The van der Waals surface area contributed by atoms with Gasteiger partial charge >= 0.3 is 5.69 Å². The summed E-state index contributed by atoms with van der Waals surface area (Å²) in [6, 6.07) is 2.65. The number of aliphatic imine (C=N–C) groups is 1. The van der Waals surface area contributed by atoms with Gasteiger partial charge in [0.25, 0.3) is 5.91 Å². The normalized spacial score (nSPS) is 19.2. The van der Waals surface area contributed by atoms with Crippen molar-refractivity contribution < 1.29 is 19.6 Å². The molecule has 2 aliphatic rings. The van der Waals surface area contributed by atoms with Gasteiger partial charge in [-0.3, -0.25) is 14.9 Å². The van der Waals surface area contributed by atoms with Crippen LogP contribution in [0.1, 0.15) is 24.8 Å². The van der Waals surface area contributed by atoms with Gasteiger partial charge in [-0.15, -0.1) is 0 Å². The largest absolute Gasteiger partial charge is 0.500 e. The number of hydrogen-bond donors (Lipinski definition) is 1. The number of aromatic hydroxyl groups is 1. The fourth-order valence-corrected chi connectivity index (χ4v) is 3.73. The van der Waals surface area contributed by atoms with Crippen molar-refractivity contribution in [1.29, 1.82) is 0 Å². The second-order valence-electron chi connectivity index (χ2n) is 5.71. The molecule has 132 valence electrons. The van der Waals surface area contributed by atoms with Gasteiger partial charge in [-0.2, -0.15) is 4.99 Å². The summed E-state index contributed by atoms with van der Waals surface area (Å²) in [5.41, 5.74) is -0.0777. The van der Waals surface area contributed by atoms with Gasteiger partial charge in [0.1, 0.15) is 0 Å². The first-order valence-corrected chi connectivity index (χ1v) is 8.64. The number of phenols is 1. The number of likely N-dealkylation sites (tertiary alicyclic amines) is 1. The highest BCUT2D eigenvalue weighted by Gasteiger charge is 2.27.